The van der Waals surface area contributed by atoms with Crippen LogP contribution in [0.5, 0.6) is 11.5 Å². The first-order chi connectivity index (χ1) is 7.56. The van der Waals surface area contributed by atoms with Crippen LogP contribution in [0.25, 0.3) is 0 Å². The normalized spacial score (nSPS) is 12.4. The van der Waals surface area contributed by atoms with Gasteiger partial charge in [-0.1, -0.05) is 18.5 Å². The van der Waals surface area contributed by atoms with Gasteiger partial charge in [-0.15, -0.1) is 0 Å². The molecule has 1 unspecified atom stereocenters. The van der Waals surface area contributed by atoms with Crippen molar-refractivity contribution in [2.24, 2.45) is 5.73 Å². The fourth-order valence-electron chi connectivity index (χ4n) is 1.77. The molecule has 0 amide bonds. The molecule has 0 saturated carbocycles. The molecule has 1 aromatic rings. The summed E-state index contributed by atoms with van der Waals surface area (Å²) in [4.78, 5) is 0. The van der Waals surface area contributed by atoms with Crippen molar-refractivity contribution in [1.82, 2.24) is 0 Å². The second kappa shape index (κ2) is 5.41. The largest absolute Gasteiger partial charge is 0.493 e. The Balaban J connectivity index is 3.47. The van der Waals surface area contributed by atoms with Gasteiger partial charge in [0.1, 0.15) is 0 Å². The van der Waals surface area contributed by atoms with Crippen LogP contribution in [0.2, 0.25) is 5.02 Å². The summed E-state index contributed by atoms with van der Waals surface area (Å²) < 4.78 is 10.5. The SMILES string of the molecule is CCc1c(C(C)N)cc(OC)c(OC)c1Cl. The van der Waals surface area contributed by atoms with E-state index < -0.39 is 0 Å². The quantitative estimate of drug-likeness (QED) is 0.884. The van der Waals surface area contributed by atoms with Crippen LogP contribution in [-0.4, -0.2) is 14.2 Å². The number of hydrogen-bond donors (Lipinski definition) is 1. The van der Waals surface area contributed by atoms with E-state index >= 15 is 0 Å². The molecule has 0 spiro atoms. The maximum atomic E-state index is 6.28. The molecule has 0 aliphatic heterocycles. The van der Waals surface area contributed by atoms with Crippen molar-refractivity contribution in [2.45, 2.75) is 26.3 Å². The molecule has 0 fully saturated rings. The maximum absolute atomic E-state index is 6.28. The summed E-state index contributed by atoms with van der Waals surface area (Å²) in [5.41, 5.74) is 7.95. The Hall–Kier alpha value is -0.930. The summed E-state index contributed by atoms with van der Waals surface area (Å²) in [6.45, 7) is 3.97. The van der Waals surface area contributed by atoms with Crippen molar-refractivity contribution < 1.29 is 9.47 Å². The van der Waals surface area contributed by atoms with E-state index in [1.165, 1.54) is 0 Å². The highest BCUT2D eigenvalue weighted by Gasteiger charge is 2.18. The molecular formula is C12H18ClNO2. The van der Waals surface area contributed by atoms with Crippen LogP contribution in [-0.2, 0) is 6.42 Å². The summed E-state index contributed by atoms with van der Waals surface area (Å²) in [6, 6.07) is 1.82. The van der Waals surface area contributed by atoms with Gasteiger partial charge in [-0.2, -0.15) is 0 Å². The zero-order chi connectivity index (χ0) is 12.3. The third kappa shape index (κ3) is 2.25. The molecule has 0 aliphatic rings. The van der Waals surface area contributed by atoms with Gasteiger partial charge in [0.2, 0.25) is 0 Å². The van der Waals surface area contributed by atoms with Crippen LogP contribution < -0.4 is 15.2 Å². The minimum atomic E-state index is -0.0766. The molecule has 0 heterocycles. The predicted molar refractivity (Wildman–Crippen MR) is 66.5 cm³/mol. The number of rotatable bonds is 4. The molecule has 4 heteroatoms. The van der Waals surface area contributed by atoms with Gasteiger partial charge >= 0.3 is 0 Å². The molecule has 0 saturated heterocycles. The van der Waals surface area contributed by atoms with Crippen LogP contribution in [0.4, 0.5) is 0 Å². The van der Waals surface area contributed by atoms with Gasteiger partial charge in [-0.3, -0.25) is 0 Å². The lowest BCUT2D eigenvalue weighted by atomic mass is 9.99. The van der Waals surface area contributed by atoms with Crippen molar-refractivity contribution in [3.63, 3.8) is 0 Å². The first kappa shape index (κ1) is 13.1. The van der Waals surface area contributed by atoms with Crippen LogP contribution in [0.1, 0.15) is 31.0 Å². The first-order valence-corrected chi connectivity index (χ1v) is 5.63. The second-order valence-corrected chi connectivity index (χ2v) is 4.01. The molecule has 90 valence electrons. The Kier molecular flexibility index (Phi) is 4.44. The molecule has 1 rings (SSSR count). The van der Waals surface area contributed by atoms with E-state index in [4.69, 9.17) is 26.8 Å². The van der Waals surface area contributed by atoms with Crippen LogP contribution in [0.3, 0.4) is 0 Å². The second-order valence-electron chi connectivity index (χ2n) is 3.64. The molecule has 0 radical (unpaired) electrons. The van der Waals surface area contributed by atoms with Crippen molar-refractivity contribution in [2.75, 3.05) is 14.2 Å². The summed E-state index contributed by atoms with van der Waals surface area (Å²) >= 11 is 6.28. The highest BCUT2D eigenvalue weighted by atomic mass is 35.5. The number of methoxy groups -OCH3 is 2. The smallest absolute Gasteiger partial charge is 0.179 e. The molecule has 1 atom stereocenters. The number of nitrogens with two attached hydrogens (primary N) is 1. The van der Waals surface area contributed by atoms with Crippen LogP contribution in [0.15, 0.2) is 6.07 Å². The number of halogens is 1. The molecule has 3 nitrogen and oxygen atoms in total. The molecule has 2 N–H and O–H groups in total. The molecule has 0 aromatic heterocycles. The van der Waals surface area contributed by atoms with Gasteiger partial charge in [-0.25, -0.2) is 0 Å². The number of hydrogen-bond acceptors (Lipinski definition) is 3. The molecule has 0 bridgehead atoms. The highest BCUT2D eigenvalue weighted by molar-refractivity contribution is 6.33. The average molecular weight is 244 g/mol. The van der Waals surface area contributed by atoms with E-state index in [1.807, 2.05) is 19.9 Å². The van der Waals surface area contributed by atoms with Crippen LogP contribution >= 0.6 is 11.6 Å². The Morgan fingerprint density at radius 1 is 1.38 bits per heavy atom. The number of ether oxygens (including phenoxy) is 2. The van der Waals surface area contributed by atoms with Gasteiger partial charge in [0.05, 0.1) is 19.2 Å². The van der Waals surface area contributed by atoms with Gasteiger partial charge in [0.15, 0.2) is 11.5 Å². The molecule has 16 heavy (non-hydrogen) atoms. The van der Waals surface area contributed by atoms with E-state index in [0.717, 1.165) is 17.5 Å². The average Bonchev–Trinajstić information content (AvgIpc) is 2.27. The lowest BCUT2D eigenvalue weighted by molar-refractivity contribution is 0.354. The topological polar surface area (TPSA) is 44.5 Å². The zero-order valence-corrected chi connectivity index (χ0v) is 10.9. The van der Waals surface area contributed by atoms with Gasteiger partial charge in [0.25, 0.3) is 0 Å². The van der Waals surface area contributed by atoms with Crippen molar-refractivity contribution in [3.05, 3.63) is 22.2 Å². The predicted octanol–water partition coefficient (Wildman–Crippen LogP) is 2.94. The van der Waals surface area contributed by atoms with Gasteiger partial charge in [-0.05, 0) is 30.5 Å². The zero-order valence-electron chi connectivity index (χ0n) is 10.1. The van der Waals surface area contributed by atoms with E-state index in [-0.39, 0.29) is 6.04 Å². The Labute approximate surface area is 101 Å². The van der Waals surface area contributed by atoms with Crippen molar-refractivity contribution in [1.29, 1.82) is 0 Å². The van der Waals surface area contributed by atoms with Crippen LogP contribution in [0, 0.1) is 0 Å². The Bertz CT molecular complexity index is 378. The minimum absolute atomic E-state index is 0.0766. The molecule has 0 aliphatic carbocycles. The molecular weight excluding hydrogens is 226 g/mol. The first-order valence-electron chi connectivity index (χ1n) is 5.25. The van der Waals surface area contributed by atoms with E-state index in [0.29, 0.717) is 16.5 Å². The minimum Gasteiger partial charge on any atom is -0.493 e. The highest BCUT2D eigenvalue weighted by Crippen LogP contribution is 2.41. The Morgan fingerprint density at radius 2 is 2.00 bits per heavy atom. The lowest BCUT2D eigenvalue weighted by Crippen LogP contribution is -2.09. The monoisotopic (exact) mass is 243 g/mol. The lowest BCUT2D eigenvalue weighted by Gasteiger charge is -2.18. The fraction of sp³-hybridized carbons (Fsp3) is 0.500. The fourth-order valence-corrected chi connectivity index (χ4v) is 2.19. The summed E-state index contributed by atoms with van der Waals surface area (Å²) in [5, 5.41) is 0.594. The maximum Gasteiger partial charge on any atom is 0.179 e. The van der Waals surface area contributed by atoms with E-state index in [9.17, 15) is 0 Å². The van der Waals surface area contributed by atoms with E-state index in [2.05, 4.69) is 0 Å². The Morgan fingerprint density at radius 3 is 2.38 bits per heavy atom. The van der Waals surface area contributed by atoms with E-state index in [1.54, 1.807) is 14.2 Å². The third-order valence-electron chi connectivity index (χ3n) is 2.59. The van der Waals surface area contributed by atoms with Crippen molar-refractivity contribution >= 4 is 11.6 Å². The summed E-state index contributed by atoms with van der Waals surface area (Å²) in [5.74, 6) is 1.20. The third-order valence-corrected chi connectivity index (χ3v) is 2.99. The van der Waals surface area contributed by atoms with Gasteiger partial charge in [0, 0.05) is 6.04 Å². The van der Waals surface area contributed by atoms with Gasteiger partial charge < -0.3 is 15.2 Å². The standard InChI is InChI=1S/C12H18ClNO2/c1-5-8-9(7(2)14)6-10(15-3)12(16-4)11(8)13/h6-7H,5,14H2,1-4H3. The molecule has 1 aromatic carbocycles. The number of benzene rings is 1. The summed E-state index contributed by atoms with van der Waals surface area (Å²) in [7, 11) is 3.17. The summed E-state index contributed by atoms with van der Waals surface area (Å²) in [6.07, 6.45) is 0.816. The van der Waals surface area contributed by atoms with Crippen molar-refractivity contribution in [3.8, 4) is 11.5 Å².